The average Bonchev–Trinajstić information content (AvgIpc) is 3.20. The summed E-state index contributed by atoms with van der Waals surface area (Å²) < 4.78 is 5.23. The van der Waals surface area contributed by atoms with E-state index in [1.165, 1.54) is 0 Å². The maximum absolute atomic E-state index is 12.0. The van der Waals surface area contributed by atoms with Crippen molar-refractivity contribution in [3.63, 3.8) is 0 Å². The van der Waals surface area contributed by atoms with E-state index in [0.29, 0.717) is 11.5 Å². The minimum absolute atomic E-state index is 0.244. The molecule has 0 bridgehead atoms. The van der Waals surface area contributed by atoms with Gasteiger partial charge in [-0.05, 0) is 30.2 Å². The Morgan fingerprint density at radius 1 is 1.32 bits per heavy atom. The van der Waals surface area contributed by atoms with Crippen LogP contribution in [-0.2, 0) is 0 Å². The van der Waals surface area contributed by atoms with Crippen molar-refractivity contribution in [3.8, 4) is 11.5 Å². The predicted octanol–water partition coefficient (Wildman–Crippen LogP) is 2.74. The summed E-state index contributed by atoms with van der Waals surface area (Å²) in [5.41, 5.74) is 5.36. The number of furan rings is 1. The van der Waals surface area contributed by atoms with Crippen molar-refractivity contribution in [2.24, 2.45) is 5.10 Å². The highest BCUT2D eigenvalue weighted by Gasteiger charge is 2.11. The molecule has 0 spiro atoms. The van der Waals surface area contributed by atoms with Gasteiger partial charge in [0.15, 0.2) is 11.5 Å². The van der Waals surface area contributed by atoms with Crippen molar-refractivity contribution in [2.75, 3.05) is 0 Å². The molecule has 22 heavy (non-hydrogen) atoms. The third-order valence-corrected chi connectivity index (χ3v) is 3.16. The summed E-state index contributed by atoms with van der Waals surface area (Å²) >= 11 is 0. The van der Waals surface area contributed by atoms with E-state index in [0.717, 1.165) is 11.1 Å². The monoisotopic (exact) mass is 294 g/mol. The summed E-state index contributed by atoms with van der Waals surface area (Å²) in [6.45, 7) is 1.98. The van der Waals surface area contributed by atoms with Crippen molar-refractivity contribution >= 4 is 12.1 Å². The van der Waals surface area contributed by atoms with E-state index in [2.05, 4.69) is 20.7 Å². The third-order valence-electron chi connectivity index (χ3n) is 3.16. The fourth-order valence-corrected chi connectivity index (χ4v) is 1.95. The lowest BCUT2D eigenvalue weighted by molar-refractivity contribution is 0.0950. The van der Waals surface area contributed by atoms with E-state index in [-0.39, 0.29) is 11.6 Å². The van der Waals surface area contributed by atoms with Gasteiger partial charge in [0.05, 0.1) is 12.5 Å². The van der Waals surface area contributed by atoms with Crippen LogP contribution in [0.25, 0.3) is 11.5 Å². The van der Waals surface area contributed by atoms with Gasteiger partial charge < -0.3 is 4.42 Å². The number of hydrogen-bond donors (Lipinski definition) is 2. The Labute approximate surface area is 126 Å². The van der Waals surface area contributed by atoms with Crippen LogP contribution in [0.5, 0.6) is 0 Å². The summed E-state index contributed by atoms with van der Waals surface area (Å²) in [4.78, 5) is 12.0. The number of aryl methyl sites for hydroxylation is 1. The number of aromatic nitrogens is 2. The second kappa shape index (κ2) is 6.09. The van der Waals surface area contributed by atoms with Crippen LogP contribution in [-0.4, -0.2) is 22.3 Å². The standard InChI is InChI=1S/C16H14N4O2/c1-11-5-2-3-6-12(11)10-17-20-16(21)14-9-13(18-19-14)15-7-4-8-22-15/h2-10H,1H3,(H,18,19)(H,20,21). The van der Waals surface area contributed by atoms with E-state index in [1.807, 2.05) is 31.2 Å². The molecule has 0 radical (unpaired) electrons. The number of carbonyl (C=O) groups is 1. The summed E-state index contributed by atoms with van der Waals surface area (Å²) in [7, 11) is 0. The second-order valence-electron chi connectivity index (χ2n) is 4.70. The number of amides is 1. The van der Waals surface area contributed by atoms with Crippen LogP contribution in [0.15, 0.2) is 58.2 Å². The maximum atomic E-state index is 12.0. The van der Waals surface area contributed by atoms with Crippen molar-refractivity contribution in [1.82, 2.24) is 15.6 Å². The highest BCUT2D eigenvalue weighted by atomic mass is 16.3. The first-order valence-corrected chi connectivity index (χ1v) is 6.72. The van der Waals surface area contributed by atoms with Crippen LogP contribution >= 0.6 is 0 Å². The molecule has 6 nitrogen and oxygen atoms in total. The molecular weight excluding hydrogens is 280 g/mol. The van der Waals surface area contributed by atoms with Gasteiger partial charge in [0.2, 0.25) is 0 Å². The predicted molar refractivity (Wildman–Crippen MR) is 82.5 cm³/mol. The first-order valence-electron chi connectivity index (χ1n) is 6.72. The van der Waals surface area contributed by atoms with Gasteiger partial charge in [-0.25, -0.2) is 5.43 Å². The molecule has 0 aliphatic carbocycles. The topological polar surface area (TPSA) is 83.3 Å². The number of hydrazone groups is 1. The van der Waals surface area contributed by atoms with Crippen LogP contribution < -0.4 is 5.43 Å². The zero-order valence-electron chi connectivity index (χ0n) is 11.9. The van der Waals surface area contributed by atoms with Crippen LogP contribution in [0.2, 0.25) is 0 Å². The van der Waals surface area contributed by atoms with Crippen LogP contribution in [0.3, 0.4) is 0 Å². The molecule has 0 saturated carbocycles. The zero-order chi connectivity index (χ0) is 15.4. The lowest BCUT2D eigenvalue weighted by Gasteiger charge is -1.98. The van der Waals surface area contributed by atoms with Gasteiger partial charge in [-0.2, -0.15) is 10.2 Å². The number of nitrogens with zero attached hydrogens (tertiary/aromatic N) is 2. The number of benzene rings is 1. The quantitative estimate of drug-likeness (QED) is 0.573. The lowest BCUT2D eigenvalue weighted by atomic mass is 10.1. The Morgan fingerprint density at radius 3 is 2.95 bits per heavy atom. The van der Waals surface area contributed by atoms with Gasteiger partial charge in [0.25, 0.3) is 5.91 Å². The molecule has 2 aromatic heterocycles. The SMILES string of the molecule is Cc1ccccc1C=NNC(=O)c1cc(-c2ccco2)[nH]n1. The average molecular weight is 294 g/mol. The van der Waals surface area contributed by atoms with Crippen molar-refractivity contribution in [2.45, 2.75) is 6.92 Å². The molecule has 3 rings (SSSR count). The number of carbonyl (C=O) groups excluding carboxylic acids is 1. The van der Waals surface area contributed by atoms with E-state index >= 15 is 0 Å². The smallest absolute Gasteiger partial charge is 0.291 e. The highest BCUT2D eigenvalue weighted by Crippen LogP contribution is 2.17. The molecule has 1 aromatic carbocycles. The normalized spacial score (nSPS) is 11.0. The number of H-pyrrole nitrogens is 1. The first kappa shape index (κ1) is 13.8. The van der Waals surface area contributed by atoms with Crippen LogP contribution in [0.4, 0.5) is 0 Å². The Kier molecular flexibility index (Phi) is 3.82. The molecule has 6 heteroatoms. The van der Waals surface area contributed by atoms with Gasteiger partial charge in [0, 0.05) is 6.07 Å². The highest BCUT2D eigenvalue weighted by molar-refractivity contribution is 5.94. The second-order valence-corrected chi connectivity index (χ2v) is 4.70. The Balaban J connectivity index is 1.67. The maximum Gasteiger partial charge on any atom is 0.291 e. The molecular formula is C16H14N4O2. The van der Waals surface area contributed by atoms with E-state index in [9.17, 15) is 4.79 Å². The van der Waals surface area contributed by atoms with E-state index in [4.69, 9.17) is 4.42 Å². The molecule has 0 unspecified atom stereocenters. The van der Waals surface area contributed by atoms with Gasteiger partial charge in [-0.1, -0.05) is 24.3 Å². The van der Waals surface area contributed by atoms with Gasteiger partial charge in [0.1, 0.15) is 5.69 Å². The number of hydrogen-bond acceptors (Lipinski definition) is 4. The fraction of sp³-hybridized carbons (Fsp3) is 0.0625. The molecule has 0 aliphatic heterocycles. The van der Waals surface area contributed by atoms with Gasteiger partial charge >= 0.3 is 0 Å². The summed E-state index contributed by atoms with van der Waals surface area (Å²) in [6.07, 6.45) is 3.16. The molecule has 110 valence electrons. The summed E-state index contributed by atoms with van der Waals surface area (Å²) in [5, 5.41) is 10.6. The largest absolute Gasteiger partial charge is 0.463 e. The van der Waals surface area contributed by atoms with Gasteiger partial charge in [-0.15, -0.1) is 0 Å². The summed E-state index contributed by atoms with van der Waals surface area (Å²) in [5.74, 6) is 0.230. The molecule has 0 fully saturated rings. The first-order chi connectivity index (χ1) is 10.7. The molecule has 0 aliphatic rings. The molecule has 0 atom stereocenters. The zero-order valence-corrected chi connectivity index (χ0v) is 11.9. The lowest BCUT2D eigenvalue weighted by Crippen LogP contribution is -2.18. The fourth-order valence-electron chi connectivity index (χ4n) is 1.95. The number of aromatic amines is 1. The van der Waals surface area contributed by atoms with E-state index in [1.54, 1.807) is 30.7 Å². The Morgan fingerprint density at radius 2 is 2.18 bits per heavy atom. The summed E-state index contributed by atoms with van der Waals surface area (Å²) in [6, 6.07) is 12.9. The molecule has 2 N–H and O–H groups in total. The number of nitrogens with one attached hydrogen (secondary N) is 2. The van der Waals surface area contributed by atoms with Crippen LogP contribution in [0.1, 0.15) is 21.6 Å². The third kappa shape index (κ3) is 2.95. The minimum Gasteiger partial charge on any atom is -0.463 e. The van der Waals surface area contributed by atoms with Crippen molar-refractivity contribution in [1.29, 1.82) is 0 Å². The van der Waals surface area contributed by atoms with Gasteiger partial charge in [-0.3, -0.25) is 9.89 Å². The van der Waals surface area contributed by atoms with Crippen molar-refractivity contribution < 1.29 is 9.21 Å². The number of rotatable bonds is 4. The van der Waals surface area contributed by atoms with E-state index < -0.39 is 0 Å². The molecule has 2 heterocycles. The molecule has 1 amide bonds. The van der Waals surface area contributed by atoms with Crippen molar-refractivity contribution in [3.05, 3.63) is 65.5 Å². The Bertz CT molecular complexity index is 803. The molecule has 0 saturated heterocycles. The van der Waals surface area contributed by atoms with Crippen LogP contribution in [0, 0.1) is 6.92 Å². The molecule has 3 aromatic rings. The minimum atomic E-state index is -0.390. The Hall–Kier alpha value is -3.15.